The molecule has 0 aromatic rings. The number of ether oxygens (including phenoxy) is 1. The highest BCUT2D eigenvalue weighted by molar-refractivity contribution is 7.99. The van der Waals surface area contributed by atoms with Crippen LogP contribution in [0.15, 0.2) is 0 Å². The highest BCUT2D eigenvalue weighted by Crippen LogP contribution is 2.06. The molecule has 3 N–H and O–H groups in total. The average molecular weight is 234 g/mol. The van der Waals surface area contributed by atoms with E-state index in [2.05, 4.69) is 5.32 Å². The van der Waals surface area contributed by atoms with Gasteiger partial charge < -0.3 is 15.8 Å². The minimum Gasteiger partial charge on any atom is -0.444 e. The molecule has 0 bridgehead atoms. The molecule has 88 valence electrons. The first-order chi connectivity index (χ1) is 6.81. The van der Waals surface area contributed by atoms with E-state index in [1.807, 2.05) is 0 Å². The van der Waals surface area contributed by atoms with Crippen LogP contribution in [-0.2, 0) is 9.53 Å². The van der Waals surface area contributed by atoms with Gasteiger partial charge in [-0.3, -0.25) is 4.79 Å². The summed E-state index contributed by atoms with van der Waals surface area (Å²) in [5.41, 5.74) is 4.46. The van der Waals surface area contributed by atoms with Crippen LogP contribution in [0.5, 0.6) is 0 Å². The Kier molecular flexibility index (Phi) is 6.15. The van der Waals surface area contributed by atoms with Gasteiger partial charge in [-0.1, -0.05) is 0 Å². The van der Waals surface area contributed by atoms with Crippen molar-refractivity contribution in [2.45, 2.75) is 26.4 Å². The summed E-state index contributed by atoms with van der Waals surface area (Å²) >= 11 is 1.38. The van der Waals surface area contributed by atoms with Crippen LogP contribution in [0, 0.1) is 0 Å². The molecule has 0 atom stereocenters. The maximum atomic E-state index is 11.1. The number of alkyl carbamates (subject to hydrolysis) is 1. The highest BCUT2D eigenvalue weighted by Gasteiger charge is 2.15. The van der Waals surface area contributed by atoms with Crippen molar-refractivity contribution in [3.8, 4) is 0 Å². The van der Waals surface area contributed by atoms with Crippen LogP contribution in [-0.4, -0.2) is 35.7 Å². The third-order valence-electron chi connectivity index (χ3n) is 1.16. The molecule has 0 aliphatic carbocycles. The molecule has 0 saturated carbocycles. The summed E-state index contributed by atoms with van der Waals surface area (Å²) in [7, 11) is 0. The predicted octanol–water partition coefficient (Wildman–Crippen LogP) is 0.730. The molecule has 0 radical (unpaired) electrons. The lowest BCUT2D eigenvalue weighted by Crippen LogP contribution is -2.33. The Morgan fingerprint density at radius 1 is 1.40 bits per heavy atom. The molecule has 5 nitrogen and oxygen atoms in total. The van der Waals surface area contributed by atoms with E-state index < -0.39 is 11.7 Å². The molecule has 0 saturated heterocycles. The number of rotatable bonds is 5. The van der Waals surface area contributed by atoms with E-state index in [0.717, 1.165) is 0 Å². The van der Waals surface area contributed by atoms with E-state index in [4.69, 9.17) is 10.5 Å². The summed E-state index contributed by atoms with van der Waals surface area (Å²) in [5, 5.41) is 2.58. The number of carbonyl (C=O) groups excluding carboxylic acids is 2. The van der Waals surface area contributed by atoms with Crippen molar-refractivity contribution in [2.24, 2.45) is 5.73 Å². The molecule has 15 heavy (non-hydrogen) atoms. The summed E-state index contributed by atoms with van der Waals surface area (Å²) in [5.74, 6) is 0.565. The first-order valence-electron chi connectivity index (χ1n) is 4.64. The van der Waals surface area contributed by atoms with Gasteiger partial charge in [0.05, 0.1) is 5.75 Å². The van der Waals surface area contributed by atoms with Crippen LogP contribution in [0.4, 0.5) is 4.79 Å². The fourth-order valence-electron chi connectivity index (χ4n) is 0.712. The lowest BCUT2D eigenvalue weighted by Gasteiger charge is -2.19. The molecule has 0 unspecified atom stereocenters. The van der Waals surface area contributed by atoms with Crippen LogP contribution in [0.3, 0.4) is 0 Å². The summed E-state index contributed by atoms with van der Waals surface area (Å²) in [6.45, 7) is 5.87. The smallest absolute Gasteiger partial charge is 0.407 e. The zero-order chi connectivity index (χ0) is 11.9. The molecule has 0 fully saturated rings. The lowest BCUT2D eigenvalue weighted by atomic mass is 10.2. The topological polar surface area (TPSA) is 81.4 Å². The van der Waals surface area contributed by atoms with Crippen LogP contribution in [0.2, 0.25) is 0 Å². The number of hydrogen-bond acceptors (Lipinski definition) is 4. The summed E-state index contributed by atoms with van der Waals surface area (Å²) in [4.78, 5) is 21.5. The van der Waals surface area contributed by atoms with Gasteiger partial charge in [-0.15, -0.1) is 0 Å². The van der Waals surface area contributed by atoms with Crippen molar-refractivity contribution >= 4 is 23.8 Å². The number of carbonyl (C=O) groups is 2. The SMILES string of the molecule is CC(C)(C)OC(=O)NCCSCC(N)=O. The Labute approximate surface area is 94.1 Å². The molecule has 6 heteroatoms. The Bertz CT molecular complexity index is 226. The first-order valence-corrected chi connectivity index (χ1v) is 5.79. The Hall–Kier alpha value is -0.910. The quantitative estimate of drug-likeness (QED) is 0.687. The van der Waals surface area contributed by atoms with Gasteiger partial charge in [0.1, 0.15) is 5.60 Å². The van der Waals surface area contributed by atoms with Crippen LogP contribution >= 0.6 is 11.8 Å². The van der Waals surface area contributed by atoms with Crippen molar-refractivity contribution < 1.29 is 14.3 Å². The third kappa shape index (κ3) is 11.0. The Morgan fingerprint density at radius 2 is 2.00 bits per heavy atom. The normalized spacial score (nSPS) is 10.9. The highest BCUT2D eigenvalue weighted by atomic mass is 32.2. The van der Waals surface area contributed by atoms with Crippen molar-refractivity contribution in [3.63, 3.8) is 0 Å². The molecule has 0 spiro atoms. The van der Waals surface area contributed by atoms with Gasteiger partial charge in [0.25, 0.3) is 0 Å². The molecule has 0 aliphatic heterocycles. The molecule has 0 aromatic carbocycles. The van der Waals surface area contributed by atoms with E-state index in [-0.39, 0.29) is 11.7 Å². The predicted molar refractivity (Wildman–Crippen MR) is 60.8 cm³/mol. The van der Waals surface area contributed by atoms with Crippen molar-refractivity contribution in [3.05, 3.63) is 0 Å². The van der Waals surface area contributed by atoms with Gasteiger partial charge in [0, 0.05) is 12.3 Å². The van der Waals surface area contributed by atoms with Crippen LogP contribution < -0.4 is 11.1 Å². The van der Waals surface area contributed by atoms with Crippen molar-refractivity contribution in [1.82, 2.24) is 5.32 Å². The molecular formula is C9H18N2O3S. The standard InChI is InChI=1S/C9H18N2O3S/c1-9(2,3)14-8(13)11-4-5-15-6-7(10)12/h4-6H2,1-3H3,(H2,10,12)(H,11,13). The number of nitrogens with one attached hydrogen (secondary N) is 1. The largest absolute Gasteiger partial charge is 0.444 e. The number of nitrogens with two attached hydrogens (primary N) is 1. The fraction of sp³-hybridized carbons (Fsp3) is 0.778. The maximum absolute atomic E-state index is 11.1. The second kappa shape index (κ2) is 6.55. The fourth-order valence-corrected chi connectivity index (χ4v) is 1.30. The second-order valence-corrected chi connectivity index (χ2v) is 5.05. The zero-order valence-corrected chi connectivity index (χ0v) is 10.1. The second-order valence-electron chi connectivity index (χ2n) is 3.95. The molecule has 0 aliphatic rings. The molecule has 0 heterocycles. The Morgan fingerprint density at radius 3 is 2.47 bits per heavy atom. The summed E-state index contributed by atoms with van der Waals surface area (Å²) < 4.78 is 5.01. The van der Waals surface area contributed by atoms with E-state index in [1.54, 1.807) is 20.8 Å². The summed E-state index contributed by atoms with van der Waals surface area (Å²) in [6, 6.07) is 0. The molecular weight excluding hydrogens is 216 g/mol. The monoisotopic (exact) mass is 234 g/mol. The Balaban J connectivity index is 3.44. The van der Waals surface area contributed by atoms with Crippen LogP contribution in [0.25, 0.3) is 0 Å². The van der Waals surface area contributed by atoms with Gasteiger partial charge in [-0.2, -0.15) is 11.8 Å². The number of thioether (sulfide) groups is 1. The minimum absolute atomic E-state index is 0.274. The number of primary amides is 1. The van der Waals surface area contributed by atoms with Gasteiger partial charge in [-0.05, 0) is 20.8 Å². The third-order valence-corrected chi connectivity index (χ3v) is 2.14. The van der Waals surface area contributed by atoms with Crippen LogP contribution in [0.1, 0.15) is 20.8 Å². The van der Waals surface area contributed by atoms with E-state index in [1.165, 1.54) is 11.8 Å². The van der Waals surface area contributed by atoms with E-state index >= 15 is 0 Å². The lowest BCUT2D eigenvalue weighted by molar-refractivity contribution is -0.115. The number of amides is 2. The summed E-state index contributed by atoms with van der Waals surface area (Å²) in [6.07, 6.45) is -0.442. The van der Waals surface area contributed by atoms with Gasteiger partial charge in [0.15, 0.2) is 0 Å². The van der Waals surface area contributed by atoms with Crippen molar-refractivity contribution in [1.29, 1.82) is 0 Å². The maximum Gasteiger partial charge on any atom is 0.407 e. The van der Waals surface area contributed by atoms with Crippen molar-refractivity contribution in [2.75, 3.05) is 18.1 Å². The molecule has 0 aromatic heterocycles. The zero-order valence-electron chi connectivity index (χ0n) is 9.33. The first kappa shape index (κ1) is 14.1. The van der Waals surface area contributed by atoms with E-state index in [0.29, 0.717) is 12.3 Å². The van der Waals surface area contributed by atoms with Gasteiger partial charge >= 0.3 is 6.09 Å². The van der Waals surface area contributed by atoms with Gasteiger partial charge in [-0.25, -0.2) is 4.79 Å². The molecule has 2 amide bonds. The molecule has 0 rings (SSSR count). The van der Waals surface area contributed by atoms with Gasteiger partial charge in [0.2, 0.25) is 5.91 Å². The minimum atomic E-state index is -0.482. The average Bonchev–Trinajstić information content (AvgIpc) is 1.99. The number of hydrogen-bond donors (Lipinski definition) is 2. The van der Waals surface area contributed by atoms with E-state index in [9.17, 15) is 9.59 Å².